The molecular formula is C26H28Cl2FeNOTi+2. The van der Waals surface area contributed by atoms with Crippen molar-refractivity contribution in [2.75, 3.05) is 0 Å². The smallest absolute Gasteiger partial charge is 2.00 e. The van der Waals surface area contributed by atoms with Gasteiger partial charge in [0.2, 0.25) is 0 Å². The largest absolute Gasteiger partial charge is 2.00 e. The molecule has 0 spiro atoms. The Morgan fingerprint density at radius 1 is 0.781 bits per heavy atom. The van der Waals surface area contributed by atoms with Crippen molar-refractivity contribution in [1.29, 1.82) is 0 Å². The Hall–Kier alpha value is 0.504. The van der Waals surface area contributed by atoms with Gasteiger partial charge in [0.25, 0.3) is 0 Å². The van der Waals surface area contributed by atoms with Gasteiger partial charge in [0.15, 0.2) is 0 Å². The van der Waals surface area contributed by atoms with Crippen LogP contribution in [0.15, 0.2) is 23.2 Å². The van der Waals surface area contributed by atoms with Gasteiger partial charge < -0.3 is 5.11 Å². The monoisotopic (exact) mass is 544 g/mol. The zero-order valence-electron chi connectivity index (χ0n) is 18.4. The van der Waals surface area contributed by atoms with E-state index in [-0.39, 0.29) is 22.5 Å². The van der Waals surface area contributed by atoms with E-state index in [2.05, 4.69) is 25.8 Å². The second-order valence-electron chi connectivity index (χ2n) is 7.39. The zero-order chi connectivity index (χ0) is 23.0. The van der Waals surface area contributed by atoms with E-state index in [4.69, 9.17) is 18.6 Å². The van der Waals surface area contributed by atoms with Crippen molar-refractivity contribution in [2.24, 2.45) is 4.99 Å². The first-order valence-electron chi connectivity index (χ1n) is 9.78. The van der Waals surface area contributed by atoms with Crippen LogP contribution in [0, 0.1) is 95.9 Å². The van der Waals surface area contributed by atoms with Crippen molar-refractivity contribution < 1.29 is 39.2 Å². The number of nitrogens with zero attached hydrogens (tertiary/aromatic N) is 1. The number of aliphatic imine (C=N–C) groups is 1. The van der Waals surface area contributed by atoms with E-state index in [1.54, 1.807) is 6.21 Å². The first kappa shape index (κ1) is 32.5. The quantitative estimate of drug-likeness (QED) is 0.319. The van der Waals surface area contributed by atoms with Gasteiger partial charge in [-0.05, 0) is 107 Å². The van der Waals surface area contributed by atoms with E-state index < -0.39 is 17.0 Å². The third-order valence-corrected chi connectivity index (χ3v) is 3.98. The molecule has 0 aliphatic heterocycles. The van der Waals surface area contributed by atoms with Crippen LogP contribution >= 0.6 is 18.6 Å². The van der Waals surface area contributed by atoms with Gasteiger partial charge in [0, 0.05) is 11.8 Å². The van der Waals surface area contributed by atoms with Gasteiger partial charge in [0.05, 0.1) is 6.04 Å². The number of halogens is 2. The Labute approximate surface area is 224 Å². The van der Waals surface area contributed by atoms with Crippen LogP contribution in [0.5, 0.6) is 5.75 Å². The van der Waals surface area contributed by atoms with Crippen LogP contribution in [0.4, 0.5) is 0 Å². The van der Waals surface area contributed by atoms with E-state index in [9.17, 15) is 5.11 Å². The zero-order valence-corrected chi connectivity index (χ0v) is 22.6. The second-order valence-corrected chi connectivity index (χ2v) is 9.97. The molecule has 15 radical (unpaired) electrons. The summed E-state index contributed by atoms with van der Waals surface area (Å²) in [6.45, 7) is 6.25. The van der Waals surface area contributed by atoms with Gasteiger partial charge in [-0.25, -0.2) is 0 Å². The molecule has 0 atom stereocenters. The molecule has 3 saturated carbocycles. The van der Waals surface area contributed by atoms with Crippen molar-refractivity contribution in [3.8, 4) is 5.75 Å². The van der Waals surface area contributed by atoms with E-state index in [1.165, 1.54) is 0 Å². The number of phenols is 1. The van der Waals surface area contributed by atoms with Gasteiger partial charge in [-0.2, -0.15) is 0 Å². The third kappa shape index (κ3) is 14.7. The third-order valence-electron chi connectivity index (χ3n) is 3.98. The summed E-state index contributed by atoms with van der Waals surface area (Å²) in [5, 5.41) is 10.3. The predicted octanol–water partition coefficient (Wildman–Crippen LogP) is 6.89. The summed E-state index contributed by atoms with van der Waals surface area (Å²) in [5.41, 5.74) is 1.62. The Balaban J connectivity index is 0.000000557. The molecule has 0 unspecified atom stereocenters. The standard InChI is InChI=1S/C16H18NO.2C5H5.2ClH.Fe.Ti/c1-16(2,3)14-10-6-7-12(15(14)18)11-17-13-8-4-5-9-13;2*1-2-4-5-3-1;;;;/h4-11,18H,1-3H3;2*1-5H;2*1H;;/q;;;;;2*+2/p-2. The molecule has 1 N–H and O–H groups in total. The summed E-state index contributed by atoms with van der Waals surface area (Å²) in [5.74, 6) is 0.320. The molecule has 1 aromatic rings. The summed E-state index contributed by atoms with van der Waals surface area (Å²) < 4.78 is 0. The Bertz CT molecular complexity index is 583. The Kier molecular flexibility index (Phi) is 20.1. The minimum absolute atomic E-state index is 0. The minimum Gasteiger partial charge on any atom is 2.00 e. The number of hydrogen-bond donors (Lipinski definition) is 1. The average molecular weight is 545 g/mol. The minimum atomic E-state index is -0.556. The van der Waals surface area contributed by atoms with Gasteiger partial charge in [-0.15, -0.1) is 0 Å². The molecule has 167 valence electrons. The predicted molar refractivity (Wildman–Crippen MR) is 130 cm³/mol. The number of phenolic OH excluding ortho intramolecular Hbond substituents is 1. The summed E-state index contributed by atoms with van der Waals surface area (Å²) in [6, 6.07) is 6.68. The van der Waals surface area contributed by atoms with Crippen LogP contribution < -0.4 is 0 Å². The molecule has 2 nitrogen and oxygen atoms in total. The van der Waals surface area contributed by atoms with Gasteiger partial charge in [0.1, 0.15) is 5.75 Å². The van der Waals surface area contributed by atoms with Crippen LogP contribution in [-0.2, 0) is 39.5 Å². The summed E-state index contributed by atoms with van der Waals surface area (Å²) in [7, 11) is 9.78. The fraction of sp³-hybridized carbons (Fsp3) is 0.154. The molecule has 0 saturated heterocycles. The first-order chi connectivity index (χ1) is 14.9. The molecule has 0 heterocycles. The van der Waals surface area contributed by atoms with Crippen molar-refractivity contribution in [2.45, 2.75) is 26.2 Å². The second kappa shape index (κ2) is 19.8. The first-order valence-corrected chi connectivity index (χ1v) is 14.1. The Morgan fingerprint density at radius 2 is 1.19 bits per heavy atom. The molecular weight excluding hydrogens is 517 g/mol. The normalized spacial score (nSPS) is 17.9. The van der Waals surface area contributed by atoms with Crippen LogP contribution in [0.2, 0.25) is 0 Å². The molecule has 1 aromatic carbocycles. The fourth-order valence-electron chi connectivity index (χ4n) is 2.51. The van der Waals surface area contributed by atoms with Crippen LogP contribution in [0.25, 0.3) is 0 Å². The molecule has 6 heteroatoms. The van der Waals surface area contributed by atoms with E-state index in [0.29, 0.717) is 5.75 Å². The molecule has 3 fully saturated rings. The van der Waals surface area contributed by atoms with Crippen LogP contribution in [-0.4, -0.2) is 11.3 Å². The SMILES string of the molecule is CC(C)(C)c1cccc(C=N[C]2[CH][CH][CH][CH]2)c1O.[CH]1[CH][CH][CH][CH]1.[CH]1[CH][CH][CH][CH]1.[Cl][Ti][Cl].[Fe+2]. The summed E-state index contributed by atoms with van der Waals surface area (Å²) >= 11 is -0.556. The summed E-state index contributed by atoms with van der Waals surface area (Å²) in [4.78, 5) is 4.34. The van der Waals surface area contributed by atoms with Crippen LogP contribution in [0.3, 0.4) is 0 Å². The topological polar surface area (TPSA) is 32.6 Å². The van der Waals surface area contributed by atoms with Gasteiger partial charge >= 0.3 is 52.7 Å². The van der Waals surface area contributed by atoms with E-state index in [1.807, 2.05) is 108 Å². The van der Waals surface area contributed by atoms with E-state index >= 15 is 0 Å². The maximum Gasteiger partial charge on any atom is 2.00 e. The molecule has 0 amide bonds. The molecule has 3 aliphatic rings. The number of para-hydroxylation sites is 1. The average Bonchev–Trinajstić information content (AvgIpc) is 3.54. The fourth-order valence-corrected chi connectivity index (χ4v) is 2.51. The number of rotatable bonds is 2. The molecule has 0 bridgehead atoms. The maximum absolute atomic E-state index is 10.3. The van der Waals surface area contributed by atoms with Crippen molar-refractivity contribution in [3.63, 3.8) is 0 Å². The van der Waals surface area contributed by atoms with Crippen LogP contribution in [0.1, 0.15) is 31.9 Å². The van der Waals surface area contributed by atoms with Crippen molar-refractivity contribution >= 4 is 24.8 Å². The van der Waals surface area contributed by atoms with E-state index in [0.717, 1.165) is 17.2 Å². The molecule has 4 rings (SSSR count). The summed E-state index contributed by atoms with van der Waals surface area (Å²) in [6.07, 6.45) is 29.5. The number of hydrogen-bond acceptors (Lipinski definition) is 2. The number of aromatic hydroxyl groups is 1. The molecule has 32 heavy (non-hydrogen) atoms. The molecule has 3 aliphatic carbocycles. The Morgan fingerprint density at radius 3 is 1.56 bits per heavy atom. The molecule has 0 aromatic heterocycles. The maximum atomic E-state index is 10.3. The van der Waals surface area contributed by atoms with Gasteiger partial charge in [-0.1, -0.05) is 32.9 Å². The van der Waals surface area contributed by atoms with Crippen molar-refractivity contribution in [3.05, 3.63) is 125 Å². The van der Waals surface area contributed by atoms with Crippen molar-refractivity contribution in [1.82, 2.24) is 0 Å². The number of benzene rings is 1. The van der Waals surface area contributed by atoms with Gasteiger partial charge in [-0.3, -0.25) is 4.99 Å².